The molecule has 2 aromatic rings. The van der Waals surface area contributed by atoms with Crippen LogP contribution in [0.25, 0.3) is 0 Å². The van der Waals surface area contributed by atoms with Gasteiger partial charge >= 0.3 is 6.03 Å². The molecule has 1 saturated heterocycles. The fraction of sp³-hybridized carbons (Fsp3) is 0.412. The van der Waals surface area contributed by atoms with Gasteiger partial charge in [-0.05, 0) is 19.8 Å². The molecule has 0 unspecified atom stereocenters. The second-order valence-electron chi connectivity index (χ2n) is 5.75. The smallest absolute Gasteiger partial charge is 0.322 e. The lowest BCUT2D eigenvalue weighted by Gasteiger charge is -2.23. The van der Waals surface area contributed by atoms with Gasteiger partial charge in [-0.2, -0.15) is 0 Å². The van der Waals surface area contributed by atoms with Gasteiger partial charge in [-0.15, -0.1) is 0 Å². The lowest BCUT2D eigenvalue weighted by atomic mass is 10.1. The van der Waals surface area contributed by atoms with Crippen molar-refractivity contribution in [3.05, 3.63) is 35.7 Å². The van der Waals surface area contributed by atoms with Gasteiger partial charge < -0.3 is 24.2 Å². The van der Waals surface area contributed by atoms with Crippen molar-refractivity contribution in [2.75, 3.05) is 26.1 Å². The normalized spacial score (nSPS) is 17.0. The van der Waals surface area contributed by atoms with Gasteiger partial charge in [0.05, 0.1) is 26.0 Å². The maximum atomic E-state index is 12.7. The minimum Gasteiger partial charge on any atom is -0.497 e. The Kier molecular flexibility index (Phi) is 4.59. The van der Waals surface area contributed by atoms with Gasteiger partial charge in [0.15, 0.2) is 5.76 Å². The van der Waals surface area contributed by atoms with E-state index in [1.165, 1.54) is 0 Å². The number of hydrogen-bond acceptors (Lipinski definition) is 5. The molecule has 0 radical (unpaired) electrons. The van der Waals surface area contributed by atoms with Crippen LogP contribution in [0.5, 0.6) is 11.5 Å². The Balaban J connectivity index is 1.76. The number of urea groups is 1. The molecule has 7 nitrogen and oxygen atoms in total. The molecular formula is C17H21N3O4. The fourth-order valence-electron chi connectivity index (χ4n) is 2.92. The SMILES string of the molecule is COc1cc(NC(=O)N2CCC[C@@H]2c2cc(C)no2)cc(OC)c1. The quantitative estimate of drug-likeness (QED) is 0.929. The van der Waals surface area contributed by atoms with E-state index in [-0.39, 0.29) is 12.1 Å². The molecule has 1 aromatic carbocycles. The Morgan fingerprint density at radius 2 is 1.96 bits per heavy atom. The zero-order valence-corrected chi connectivity index (χ0v) is 14.0. The highest BCUT2D eigenvalue weighted by atomic mass is 16.5. The monoisotopic (exact) mass is 331 g/mol. The van der Waals surface area contributed by atoms with Crippen molar-refractivity contribution in [2.45, 2.75) is 25.8 Å². The number of benzene rings is 1. The number of methoxy groups -OCH3 is 2. The van der Waals surface area contributed by atoms with Crippen molar-refractivity contribution >= 4 is 11.7 Å². The second-order valence-corrected chi connectivity index (χ2v) is 5.75. The number of carbonyl (C=O) groups is 1. The predicted octanol–water partition coefficient (Wildman–Crippen LogP) is 3.37. The summed E-state index contributed by atoms with van der Waals surface area (Å²) < 4.78 is 15.8. The van der Waals surface area contributed by atoms with Crippen molar-refractivity contribution < 1.29 is 18.8 Å². The maximum absolute atomic E-state index is 12.7. The molecule has 0 spiro atoms. The Morgan fingerprint density at radius 1 is 1.25 bits per heavy atom. The third-order valence-corrected chi connectivity index (χ3v) is 4.09. The van der Waals surface area contributed by atoms with Crippen molar-refractivity contribution in [1.29, 1.82) is 0 Å². The molecule has 1 aliphatic rings. The number of rotatable bonds is 4. The van der Waals surface area contributed by atoms with Crippen LogP contribution >= 0.6 is 0 Å². The molecule has 0 saturated carbocycles. The molecule has 7 heteroatoms. The summed E-state index contributed by atoms with van der Waals surface area (Å²) in [5.41, 5.74) is 1.44. The third-order valence-electron chi connectivity index (χ3n) is 4.09. The Hall–Kier alpha value is -2.70. The van der Waals surface area contributed by atoms with E-state index in [9.17, 15) is 4.79 Å². The van der Waals surface area contributed by atoms with E-state index in [0.717, 1.165) is 24.3 Å². The number of amides is 2. The topological polar surface area (TPSA) is 76.8 Å². The summed E-state index contributed by atoms with van der Waals surface area (Å²) in [4.78, 5) is 14.4. The summed E-state index contributed by atoms with van der Waals surface area (Å²) in [5, 5.41) is 6.82. The first-order chi connectivity index (χ1) is 11.6. The predicted molar refractivity (Wildman–Crippen MR) is 88.5 cm³/mol. The molecular weight excluding hydrogens is 310 g/mol. The number of hydrogen-bond donors (Lipinski definition) is 1. The number of likely N-dealkylation sites (tertiary alicyclic amines) is 1. The molecule has 2 heterocycles. The van der Waals surface area contributed by atoms with Gasteiger partial charge in [-0.25, -0.2) is 4.79 Å². The Morgan fingerprint density at radius 3 is 2.54 bits per heavy atom. The van der Waals surface area contributed by atoms with Crippen molar-refractivity contribution in [1.82, 2.24) is 10.1 Å². The maximum Gasteiger partial charge on any atom is 0.322 e. The van der Waals surface area contributed by atoms with Crippen LogP contribution in [0.1, 0.15) is 30.3 Å². The second kappa shape index (κ2) is 6.82. The third kappa shape index (κ3) is 3.29. The van der Waals surface area contributed by atoms with E-state index in [2.05, 4.69) is 10.5 Å². The molecule has 0 bridgehead atoms. The van der Waals surface area contributed by atoms with Crippen LogP contribution in [-0.2, 0) is 0 Å². The fourth-order valence-corrected chi connectivity index (χ4v) is 2.92. The molecule has 1 aliphatic heterocycles. The van der Waals surface area contributed by atoms with Crippen molar-refractivity contribution in [3.8, 4) is 11.5 Å². The molecule has 1 N–H and O–H groups in total. The zero-order chi connectivity index (χ0) is 17.1. The van der Waals surface area contributed by atoms with Crippen LogP contribution in [0.3, 0.4) is 0 Å². The first-order valence-electron chi connectivity index (χ1n) is 7.84. The van der Waals surface area contributed by atoms with E-state index in [4.69, 9.17) is 14.0 Å². The van der Waals surface area contributed by atoms with Gasteiger partial charge in [0.25, 0.3) is 0 Å². The molecule has 3 rings (SSSR count). The van der Waals surface area contributed by atoms with Crippen LogP contribution < -0.4 is 14.8 Å². The first kappa shape index (κ1) is 16.2. The lowest BCUT2D eigenvalue weighted by molar-refractivity contribution is 0.195. The van der Waals surface area contributed by atoms with Gasteiger partial charge in [0.1, 0.15) is 11.5 Å². The first-order valence-corrected chi connectivity index (χ1v) is 7.84. The van der Waals surface area contributed by atoms with Crippen molar-refractivity contribution in [2.24, 2.45) is 0 Å². The summed E-state index contributed by atoms with van der Waals surface area (Å²) in [6, 6.07) is 6.88. The Bertz CT molecular complexity index is 706. The number of nitrogens with zero attached hydrogens (tertiary/aromatic N) is 2. The highest BCUT2D eigenvalue weighted by molar-refractivity contribution is 5.90. The van der Waals surface area contributed by atoms with Crippen molar-refractivity contribution in [3.63, 3.8) is 0 Å². The average Bonchev–Trinajstić information content (AvgIpc) is 3.22. The van der Waals surface area contributed by atoms with E-state index in [0.29, 0.717) is 23.7 Å². The minimum absolute atomic E-state index is 0.0845. The standard InChI is InChI=1S/C17H21N3O4/c1-11-7-16(24-19-11)15-5-4-6-20(15)17(21)18-12-8-13(22-2)10-14(9-12)23-3/h7-10,15H,4-6H2,1-3H3,(H,18,21)/t15-/m1/s1. The number of nitrogens with one attached hydrogen (secondary N) is 1. The van der Waals surface area contributed by atoms with Gasteiger partial charge in [0, 0.05) is 36.5 Å². The number of aromatic nitrogens is 1. The number of aryl methyl sites for hydroxylation is 1. The summed E-state index contributed by atoms with van der Waals surface area (Å²) in [6.45, 7) is 2.55. The average molecular weight is 331 g/mol. The van der Waals surface area contributed by atoms with Gasteiger partial charge in [-0.1, -0.05) is 5.16 Å². The molecule has 24 heavy (non-hydrogen) atoms. The number of anilines is 1. The summed E-state index contributed by atoms with van der Waals surface area (Å²) in [5.74, 6) is 1.96. The molecule has 128 valence electrons. The van der Waals surface area contributed by atoms with E-state index in [1.54, 1.807) is 37.3 Å². The zero-order valence-electron chi connectivity index (χ0n) is 14.0. The van der Waals surface area contributed by atoms with Crippen LogP contribution in [-0.4, -0.2) is 36.9 Å². The molecule has 1 fully saturated rings. The van der Waals surface area contributed by atoms with Crippen LogP contribution in [0.2, 0.25) is 0 Å². The van der Waals surface area contributed by atoms with Crippen LogP contribution in [0.15, 0.2) is 28.8 Å². The largest absolute Gasteiger partial charge is 0.497 e. The highest BCUT2D eigenvalue weighted by Gasteiger charge is 2.32. The number of carbonyl (C=O) groups excluding carboxylic acids is 1. The van der Waals surface area contributed by atoms with E-state index < -0.39 is 0 Å². The lowest BCUT2D eigenvalue weighted by Crippen LogP contribution is -2.34. The van der Waals surface area contributed by atoms with Crippen LogP contribution in [0.4, 0.5) is 10.5 Å². The summed E-state index contributed by atoms with van der Waals surface area (Å²) in [6.07, 6.45) is 1.79. The Labute approximate surface area is 140 Å². The molecule has 1 aromatic heterocycles. The van der Waals surface area contributed by atoms with Gasteiger partial charge in [-0.3, -0.25) is 0 Å². The van der Waals surface area contributed by atoms with Crippen LogP contribution in [0, 0.1) is 6.92 Å². The highest BCUT2D eigenvalue weighted by Crippen LogP contribution is 2.33. The summed E-state index contributed by atoms with van der Waals surface area (Å²) >= 11 is 0. The molecule has 1 atom stereocenters. The summed E-state index contributed by atoms with van der Waals surface area (Å²) in [7, 11) is 3.15. The van der Waals surface area contributed by atoms with E-state index >= 15 is 0 Å². The van der Waals surface area contributed by atoms with Gasteiger partial charge in [0.2, 0.25) is 0 Å². The minimum atomic E-state index is -0.179. The molecule has 0 aliphatic carbocycles. The van der Waals surface area contributed by atoms with E-state index in [1.807, 2.05) is 13.0 Å². The number of ether oxygens (including phenoxy) is 2. The molecule has 2 amide bonds.